The first-order valence-electron chi connectivity index (χ1n) is 6.92. The molecule has 3 aromatic rings. The van der Waals surface area contributed by atoms with E-state index in [1.807, 2.05) is 0 Å². The molecule has 20 heavy (non-hydrogen) atoms. The molecule has 2 aromatic carbocycles. The number of fused-ring (bicyclic) bond motifs is 5. The lowest BCUT2D eigenvalue weighted by molar-refractivity contribution is 1.06. The van der Waals surface area contributed by atoms with Gasteiger partial charge in [0, 0.05) is 11.3 Å². The van der Waals surface area contributed by atoms with Crippen molar-refractivity contribution in [1.82, 2.24) is 9.22 Å². The van der Waals surface area contributed by atoms with E-state index in [1.165, 1.54) is 16.8 Å². The second-order valence-electron chi connectivity index (χ2n) is 5.83. The monoisotopic (exact) mass is 279 g/mol. The highest BCUT2D eigenvalue weighted by Gasteiger charge is 2.39. The molecule has 1 aliphatic heterocycles. The lowest BCUT2D eigenvalue weighted by Gasteiger charge is -2.42. The van der Waals surface area contributed by atoms with Gasteiger partial charge in [0.2, 0.25) is 0 Å². The minimum atomic E-state index is -1.79. The summed E-state index contributed by atoms with van der Waals surface area (Å²) in [6.45, 7) is 4.75. The van der Waals surface area contributed by atoms with E-state index in [-0.39, 0.29) is 0 Å². The average molecular weight is 279 g/mol. The standard InChI is InChI=1S/C16H17N3Si/c1-18-14-10-6-4-8-12(14)16-17-13-9-5-7-11-15(13)19(16)20(18,2)3/h4-11H,1-3H3. The van der Waals surface area contributed by atoms with Crippen LogP contribution in [0.25, 0.3) is 22.4 Å². The Morgan fingerprint density at radius 3 is 2.50 bits per heavy atom. The van der Waals surface area contributed by atoms with Gasteiger partial charge < -0.3 is 8.80 Å². The van der Waals surface area contributed by atoms with Gasteiger partial charge in [0.1, 0.15) is 5.82 Å². The quantitative estimate of drug-likeness (QED) is 0.585. The van der Waals surface area contributed by atoms with Crippen LogP contribution in [0.3, 0.4) is 0 Å². The molecular weight excluding hydrogens is 262 g/mol. The molecule has 0 saturated heterocycles. The van der Waals surface area contributed by atoms with Gasteiger partial charge in [0.05, 0.1) is 11.0 Å². The van der Waals surface area contributed by atoms with Crippen molar-refractivity contribution >= 4 is 25.1 Å². The van der Waals surface area contributed by atoms with Gasteiger partial charge >= 0.3 is 0 Å². The molecule has 1 aliphatic rings. The van der Waals surface area contributed by atoms with E-state index in [0.29, 0.717) is 0 Å². The molecule has 2 heterocycles. The van der Waals surface area contributed by atoms with E-state index in [1.54, 1.807) is 0 Å². The fraction of sp³-hybridized carbons (Fsp3) is 0.188. The molecule has 0 N–H and O–H groups in total. The summed E-state index contributed by atoms with van der Waals surface area (Å²) in [5.74, 6) is 1.12. The van der Waals surface area contributed by atoms with E-state index in [4.69, 9.17) is 4.98 Å². The van der Waals surface area contributed by atoms with Crippen LogP contribution < -0.4 is 4.57 Å². The number of anilines is 1. The zero-order valence-electron chi connectivity index (χ0n) is 12.0. The third-order valence-corrected chi connectivity index (χ3v) is 7.86. The Hall–Kier alpha value is -2.07. The van der Waals surface area contributed by atoms with Crippen molar-refractivity contribution in [3.8, 4) is 11.4 Å². The summed E-state index contributed by atoms with van der Waals surface area (Å²) in [5.41, 5.74) is 4.87. The summed E-state index contributed by atoms with van der Waals surface area (Å²) in [5, 5.41) is 0. The van der Waals surface area contributed by atoms with Crippen LogP contribution in [0.15, 0.2) is 48.5 Å². The molecule has 0 fully saturated rings. The molecule has 0 spiro atoms. The highest BCUT2D eigenvalue weighted by molar-refractivity contribution is 6.81. The number of aromatic nitrogens is 2. The Kier molecular flexibility index (Phi) is 2.19. The first-order chi connectivity index (χ1) is 9.60. The number of benzene rings is 2. The Bertz CT molecular complexity index is 819. The van der Waals surface area contributed by atoms with Crippen molar-refractivity contribution in [2.45, 2.75) is 13.1 Å². The largest absolute Gasteiger partial charge is 0.383 e. The van der Waals surface area contributed by atoms with Gasteiger partial charge in [-0.05, 0) is 44.4 Å². The van der Waals surface area contributed by atoms with Crippen LogP contribution in [0.5, 0.6) is 0 Å². The maximum absolute atomic E-state index is 4.90. The summed E-state index contributed by atoms with van der Waals surface area (Å²) in [6.07, 6.45) is 0. The number of imidazole rings is 1. The molecule has 4 heteroatoms. The van der Waals surface area contributed by atoms with Gasteiger partial charge in [0.25, 0.3) is 8.40 Å². The lowest BCUT2D eigenvalue weighted by Crippen LogP contribution is -2.55. The molecule has 0 bridgehead atoms. The predicted octanol–water partition coefficient (Wildman–Crippen LogP) is 3.70. The first kappa shape index (κ1) is 11.7. The summed E-state index contributed by atoms with van der Waals surface area (Å²) < 4.78 is 4.94. The third-order valence-electron chi connectivity index (χ3n) is 4.44. The Morgan fingerprint density at radius 2 is 1.65 bits per heavy atom. The van der Waals surface area contributed by atoms with Gasteiger partial charge in [-0.25, -0.2) is 4.98 Å². The minimum absolute atomic E-state index is 1.09. The van der Waals surface area contributed by atoms with E-state index in [2.05, 4.69) is 77.5 Å². The van der Waals surface area contributed by atoms with Crippen molar-refractivity contribution in [3.05, 3.63) is 48.5 Å². The summed E-state index contributed by atoms with van der Waals surface area (Å²) in [4.78, 5) is 4.90. The van der Waals surface area contributed by atoms with Crippen molar-refractivity contribution in [2.24, 2.45) is 0 Å². The van der Waals surface area contributed by atoms with E-state index < -0.39 is 8.40 Å². The maximum atomic E-state index is 4.90. The molecule has 0 saturated carbocycles. The normalized spacial score (nSPS) is 16.1. The molecular formula is C16H17N3Si. The first-order valence-corrected chi connectivity index (χ1v) is 9.81. The lowest BCUT2D eigenvalue weighted by atomic mass is 10.1. The van der Waals surface area contributed by atoms with Crippen molar-refractivity contribution in [3.63, 3.8) is 0 Å². The zero-order chi connectivity index (χ0) is 13.9. The second-order valence-corrected chi connectivity index (χ2v) is 9.94. The van der Waals surface area contributed by atoms with Gasteiger partial charge in [-0.1, -0.05) is 24.3 Å². The number of nitrogens with zero attached hydrogens (tertiary/aromatic N) is 3. The number of para-hydroxylation sites is 3. The maximum Gasteiger partial charge on any atom is 0.263 e. The molecule has 1 aromatic heterocycles. The van der Waals surface area contributed by atoms with Crippen LogP contribution >= 0.6 is 0 Å². The number of hydrogen-bond acceptors (Lipinski definition) is 2. The predicted molar refractivity (Wildman–Crippen MR) is 86.5 cm³/mol. The molecule has 0 radical (unpaired) electrons. The van der Waals surface area contributed by atoms with E-state index in [0.717, 1.165) is 11.3 Å². The van der Waals surface area contributed by atoms with Crippen molar-refractivity contribution in [2.75, 3.05) is 11.6 Å². The minimum Gasteiger partial charge on any atom is -0.383 e. The number of hydrogen-bond donors (Lipinski definition) is 0. The molecule has 0 amide bonds. The third kappa shape index (κ3) is 1.32. The van der Waals surface area contributed by atoms with Crippen LogP contribution in [0.1, 0.15) is 0 Å². The van der Waals surface area contributed by atoms with Crippen molar-refractivity contribution < 1.29 is 0 Å². The Labute approximate surface area is 119 Å². The summed E-state index contributed by atoms with van der Waals surface area (Å²) in [7, 11) is 0.421. The van der Waals surface area contributed by atoms with Gasteiger partial charge in [0.15, 0.2) is 0 Å². The smallest absolute Gasteiger partial charge is 0.263 e. The summed E-state index contributed by atoms with van der Waals surface area (Å²) >= 11 is 0. The Balaban J connectivity index is 2.18. The van der Waals surface area contributed by atoms with Gasteiger partial charge in [-0.3, -0.25) is 0 Å². The molecule has 0 aliphatic carbocycles. The zero-order valence-corrected chi connectivity index (χ0v) is 13.0. The van der Waals surface area contributed by atoms with Crippen LogP contribution in [0, 0.1) is 0 Å². The second kappa shape index (κ2) is 3.73. The highest BCUT2D eigenvalue weighted by Crippen LogP contribution is 2.40. The highest BCUT2D eigenvalue weighted by atomic mass is 28.3. The van der Waals surface area contributed by atoms with Gasteiger partial charge in [-0.2, -0.15) is 0 Å². The van der Waals surface area contributed by atoms with Crippen LogP contribution in [-0.2, 0) is 0 Å². The molecule has 4 rings (SSSR count). The number of rotatable bonds is 0. The van der Waals surface area contributed by atoms with Crippen molar-refractivity contribution in [1.29, 1.82) is 0 Å². The van der Waals surface area contributed by atoms with Crippen LogP contribution in [-0.4, -0.2) is 24.7 Å². The van der Waals surface area contributed by atoms with E-state index >= 15 is 0 Å². The van der Waals surface area contributed by atoms with Gasteiger partial charge in [-0.15, -0.1) is 0 Å². The van der Waals surface area contributed by atoms with Crippen LogP contribution in [0.2, 0.25) is 13.1 Å². The molecule has 100 valence electrons. The molecule has 0 unspecified atom stereocenters. The fourth-order valence-electron chi connectivity index (χ4n) is 3.16. The molecule has 0 atom stereocenters. The van der Waals surface area contributed by atoms with E-state index in [9.17, 15) is 0 Å². The van der Waals surface area contributed by atoms with Crippen LogP contribution in [0.4, 0.5) is 5.69 Å². The summed E-state index contributed by atoms with van der Waals surface area (Å²) in [6, 6.07) is 17.0. The fourth-order valence-corrected chi connectivity index (χ4v) is 5.71. The SMILES string of the molecule is CN1c2ccccc2-c2nc3ccccc3n2[Si]1(C)C. The Morgan fingerprint density at radius 1 is 0.950 bits per heavy atom. The molecule has 3 nitrogen and oxygen atoms in total. The topological polar surface area (TPSA) is 21.1 Å². The average Bonchev–Trinajstić information content (AvgIpc) is 2.85.